The summed E-state index contributed by atoms with van der Waals surface area (Å²) < 4.78 is 7.47. The molecule has 1 heterocycles. The van der Waals surface area contributed by atoms with E-state index in [2.05, 4.69) is 21.0 Å². The standard InChI is InChI=1S/C12H10BrCl3N2O/c1-6-7(5-13)12(18(2)17-6)19-11-4-9(15)8(14)3-10(11)16/h3-4H,5H2,1-2H3. The molecule has 0 unspecified atom stereocenters. The van der Waals surface area contributed by atoms with Gasteiger partial charge in [-0.2, -0.15) is 5.10 Å². The van der Waals surface area contributed by atoms with Crippen LogP contribution in [0, 0.1) is 6.92 Å². The third-order valence-electron chi connectivity index (χ3n) is 2.60. The number of rotatable bonds is 3. The first kappa shape index (κ1) is 15.0. The zero-order valence-corrected chi connectivity index (χ0v) is 14.0. The van der Waals surface area contributed by atoms with E-state index in [0.717, 1.165) is 11.3 Å². The van der Waals surface area contributed by atoms with Gasteiger partial charge in [-0.1, -0.05) is 50.7 Å². The molecule has 0 fully saturated rings. The molecular weight excluding hydrogens is 374 g/mol. The van der Waals surface area contributed by atoms with E-state index < -0.39 is 0 Å². The van der Waals surface area contributed by atoms with Crippen molar-refractivity contribution in [2.24, 2.45) is 7.05 Å². The fraction of sp³-hybridized carbons (Fsp3) is 0.250. The molecule has 1 aromatic carbocycles. The molecule has 0 aliphatic carbocycles. The highest BCUT2D eigenvalue weighted by molar-refractivity contribution is 9.08. The Hall–Kier alpha value is -0.420. The highest BCUT2D eigenvalue weighted by atomic mass is 79.9. The third kappa shape index (κ3) is 3.02. The van der Waals surface area contributed by atoms with Crippen molar-refractivity contribution in [2.45, 2.75) is 12.3 Å². The maximum Gasteiger partial charge on any atom is 0.221 e. The second-order valence-electron chi connectivity index (χ2n) is 3.93. The third-order valence-corrected chi connectivity index (χ3v) is 4.18. The van der Waals surface area contributed by atoms with E-state index in [-0.39, 0.29) is 0 Å². The average Bonchev–Trinajstić information content (AvgIpc) is 2.60. The predicted octanol–water partition coefficient (Wildman–Crippen LogP) is 5.38. The van der Waals surface area contributed by atoms with Crippen LogP contribution < -0.4 is 4.74 Å². The number of hydrogen-bond donors (Lipinski definition) is 0. The van der Waals surface area contributed by atoms with Crippen LogP contribution in [0.2, 0.25) is 15.1 Å². The van der Waals surface area contributed by atoms with Crippen LogP contribution >= 0.6 is 50.7 Å². The lowest BCUT2D eigenvalue weighted by molar-refractivity contribution is 0.428. The minimum atomic E-state index is 0.389. The molecule has 0 aliphatic rings. The van der Waals surface area contributed by atoms with Gasteiger partial charge in [0.2, 0.25) is 5.88 Å². The van der Waals surface area contributed by atoms with Gasteiger partial charge >= 0.3 is 0 Å². The second-order valence-corrected chi connectivity index (χ2v) is 5.71. The van der Waals surface area contributed by atoms with Crippen molar-refractivity contribution < 1.29 is 4.74 Å². The van der Waals surface area contributed by atoms with Gasteiger partial charge in [-0.3, -0.25) is 0 Å². The minimum absolute atomic E-state index is 0.389. The molecule has 3 nitrogen and oxygen atoms in total. The first-order valence-corrected chi connectivity index (χ1v) is 7.60. The molecule has 1 aromatic heterocycles. The molecular formula is C12H10BrCl3N2O. The second kappa shape index (κ2) is 5.92. The van der Waals surface area contributed by atoms with E-state index in [1.54, 1.807) is 23.9 Å². The molecule has 2 aromatic rings. The van der Waals surface area contributed by atoms with Crippen LogP contribution in [0.3, 0.4) is 0 Å². The van der Waals surface area contributed by atoms with E-state index in [1.807, 2.05) is 6.92 Å². The molecule has 0 N–H and O–H groups in total. The van der Waals surface area contributed by atoms with Crippen LogP contribution in [0.5, 0.6) is 11.6 Å². The molecule has 0 amide bonds. The number of benzene rings is 1. The van der Waals surface area contributed by atoms with Crippen LogP contribution in [-0.4, -0.2) is 9.78 Å². The predicted molar refractivity (Wildman–Crippen MR) is 82.1 cm³/mol. The van der Waals surface area contributed by atoms with Gasteiger partial charge in [0.15, 0.2) is 0 Å². The quantitative estimate of drug-likeness (QED) is 0.525. The monoisotopic (exact) mass is 382 g/mol. The summed E-state index contributed by atoms with van der Waals surface area (Å²) in [5.74, 6) is 1.07. The van der Waals surface area contributed by atoms with Gasteiger partial charge in [0.05, 0.1) is 20.8 Å². The number of alkyl halides is 1. The molecule has 0 spiro atoms. The van der Waals surface area contributed by atoms with Crippen molar-refractivity contribution in [3.8, 4) is 11.6 Å². The fourth-order valence-electron chi connectivity index (χ4n) is 1.65. The van der Waals surface area contributed by atoms with Gasteiger partial charge < -0.3 is 4.74 Å². The van der Waals surface area contributed by atoms with Crippen molar-refractivity contribution in [1.82, 2.24) is 9.78 Å². The van der Waals surface area contributed by atoms with Gasteiger partial charge in [0.25, 0.3) is 0 Å². The molecule has 0 saturated heterocycles. The summed E-state index contributed by atoms with van der Waals surface area (Å²) in [4.78, 5) is 0. The smallest absolute Gasteiger partial charge is 0.221 e. The summed E-state index contributed by atoms with van der Waals surface area (Å²) in [6.07, 6.45) is 0. The Morgan fingerprint density at radius 1 is 1.21 bits per heavy atom. The van der Waals surface area contributed by atoms with Gasteiger partial charge in [-0.15, -0.1) is 0 Å². The molecule has 2 rings (SSSR count). The molecule has 0 bridgehead atoms. The van der Waals surface area contributed by atoms with Crippen molar-refractivity contribution in [1.29, 1.82) is 0 Å². The number of nitrogens with zero attached hydrogens (tertiary/aromatic N) is 2. The van der Waals surface area contributed by atoms with Gasteiger partial charge in [-0.05, 0) is 13.0 Å². The zero-order chi connectivity index (χ0) is 14.2. The highest BCUT2D eigenvalue weighted by Crippen LogP contribution is 2.37. The minimum Gasteiger partial charge on any atom is -0.437 e. The summed E-state index contributed by atoms with van der Waals surface area (Å²) in [7, 11) is 1.81. The molecule has 0 aliphatic heterocycles. The largest absolute Gasteiger partial charge is 0.437 e. The van der Waals surface area contributed by atoms with Crippen molar-refractivity contribution in [2.75, 3.05) is 0 Å². The van der Waals surface area contributed by atoms with Gasteiger partial charge in [0, 0.05) is 24.0 Å². The molecule has 19 heavy (non-hydrogen) atoms. The lowest BCUT2D eigenvalue weighted by atomic mass is 10.3. The molecule has 0 radical (unpaired) electrons. The summed E-state index contributed by atoms with van der Waals surface area (Å²) in [5, 5.41) is 6.12. The van der Waals surface area contributed by atoms with E-state index >= 15 is 0 Å². The molecule has 102 valence electrons. The van der Waals surface area contributed by atoms with Gasteiger partial charge in [-0.25, -0.2) is 4.68 Å². The normalized spacial score (nSPS) is 10.8. The Balaban J connectivity index is 2.44. The van der Waals surface area contributed by atoms with Crippen LogP contribution in [0.4, 0.5) is 0 Å². The van der Waals surface area contributed by atoms with Crippen LogP contribution in [0.1, 0.15) is 11.3 Å². The summed E-state index contributed by atoms with van der Waals surface area (Å²) in [6, 6.07) is 3.14. The van der Waals surface area contributed by atoms with Crippen LogP contribution in [-0.2, 0) is 12.4 Å². The number of aryl methyl sites for hydroxylation is 2. The maximum absolute atomic E-state index is 6.10. The molecule has 7 heteroatoms. The van der Waals surface area contributed by atoms with Crippen molar-refractivity contribution in [3.05, 3.63) is 38.5 Å². The topological polar surface area (TPSA) is 27.1 Å². The highest BCUT2D eigenvalue weighted by Gasteiger charge is 2.16. The maximum atomic E-state index is 6.10. The number of halogens is 4. The Kier molecular flexibility index (Phi) is 4.66. The van der Waals surface area contributed by atoms with E-state index in [1.165, 1.54) is 0 Å². The van der Waals surface area contributed by atoms with E-state index in [9.17, 15) is 0 Å². The SMILES string of the molecule is Cc1nn(C)c(Oc2cc(Cl)c(Cl)cc2Cl)c1CBr. The Labute approximate surface area is 134 Å². The fourth-order valence-corrected chi connectivity index (χ4v) is 2.87. The summed E-state index contributed by atoms with van der Waals surface area (Å²) in [5.41, 5.74) is 1.86. The summed E-state index contributed by atoms with van der Waals surface area (Å²) >= 11 is 21.4. The van der Waals surface area contributed by atoms with Crippen LogP contribution in [0.15, 0.2) is 12.1 Å². The first-order chi connectivity index (χ1) is 8.93. The Morgan fingerprint density at radius 2 is 1.84 bits per heavy atom. The number of hydrogen-bond acceptors (Lipinski definition) is 2. The van der Waals surface area contributed by atoms with E-state index in [0.29, 0.717) is 32.0 Å². The number of aromatic nitrogens is 2. The van der Waals surface area contributed by atoms with Crippen molar-refractivity contribution in [3.63, 3.8) is 0 Å². The molecule has 0 atom stereocenters. The first-order valence-electron chi connectivity index (χ1n) is 5.35. The summed E-state index contributed by atoms with van der Waals surface area (Å²) in [6.45, 7) is 1.92. The lowest BCUT2D eigenvalue weighted by Gasteiger charge is -2.10. The van der Waals surface area contributed by atoms with Crippen molar-refractivity contribution >= 4 is 50.7 Å². The van der Waals surface area contributed by atoms with Gasteiger partial charge in [0.1, 0.15) is 5.75 Å². The average molecular weight is 384 g/mol. The van der Waals surface area contributed by atoms with E-state index in [4.69, 9.17) is 39.5 Å². The number of ether oxygens (including phenoxy) is 1. The van der Waals surface area contributed by atoms with Crippen LogP contribution in [0.25, 0.3) is 0 Å². The Morgan fingerprint density at radius 3 is 2.47 bits per heavy atom. The molecule has 0 saturated carbocycles. The Bertz CT molecular complexity index is 628. The zero-order valence-electron chi connectivity index (χ0n) is 10.2. The lowest BCUT2D eigenvalue weighted by Crippen LogP contribution is -1.97.